The van der Waals surface area contributed by atoms with E-state index in [4.69, 9.17) is 9.72 Å². The monoisotopic (exact) mass is 521 g/mol. The number of halogens is 2. The second-order valence-corrected chi connectivity index (χ2v) is 9.77. The van der Waals surface area contributed by atoms with Crippen molar-refractivity contribution in [2.75, 3.05) is 26.7 Å². The van der Waals surface area contributed by atoms with Gasteiger partial charge in [-0.3, -0.25) is 0 Å². The Kier molecular flexibility index (Phi) is 11.8. The molecule has 35 heavy (non-hydrogen) atoms. The summed E-state index contributed by atoms with van der Waals surface area (Å²) in [5, 5.41) is 0. The minimum Gasteiger partial charge on any atom is -0.497 e. The first-order chi connectivity index (χ1) is 15.8. The molecule has 0 atom stereocenters. The topological polar surface area (TPSA) is 61.8 Å². The zero-order valence-corrected chi connectivity index (χ0v) is 22.5. The van der Waals surface area contributed by atoms with E-state index in [0.717, 1.165) is 31.1 Å². The second kappa shape index (κ2) is 14.1. The Labute approximate surface area is 222 Å². The molecule has 2 N–H and O–H groups in total. The molecule has 2 aromatic carbocycles. The lowest BCUT2D eigenvalue weighted by atomic mass is 9.91. The lowest BCUT2D eigenvalue weighted by Gasteiger charge is -2.32. The van der Waals surface area contributed by atoms with Gasteiger partial charge in [-0.2, -0.15) is 0 Å². The van der Waals surface area contributed by atoms with Gasteiger partial charge in [-0.15, -0.1) is 24.8 Å². The number of nitrogens with zero attached hydrogens (tertiary/aromatic N) is 3. The Morgan fingerprint density at radius 2 is 1.57 bits per heavy atom. The molecule has 1 aliphatic heterocycles. The number of para-hydroxylation sites is 2. The van der Waals surface area contributed by atoms with Crippen LogP contribution in [0.25, 0.3) is 11.0 Å². The van der Waals surface area contributed by atoms with Gasteiger partial charge in [-0.1, -0.05) is 43.5 Å². The van der Waals surface area contributed by atoms with E-state index in [0.29, 0.717) is 6.04 Å². The molecule has 1 aliphatic carbocycles. The first-order valence-corrected chi connectivity index (χ1v) is 12.6. The van der Waals surface area contributed by atoms with Crippen LogP contribution in [0.4, 0.5) is 0 Å². The number of rotatable bonds is 7. The molecule has 194 valence electrons. The maximum absolute atomic E-state index is 5.27. The van der Waals surface area contributed by atoms with Crippen LogP contribution < -0.4 is 4.74 Å². The highest BCUT2D eigenvalue weighted by molar-refractivity contribution is 5.85. The van der Waals surface area contributed by atoms with Gasteiger partial charge in [0, 0.05) is 19.0 Å². The van der Waals surface area contributed by atoms with E-state index in [1.54, 1.807) is 7.11 Å². The van der Waals surface area contributed by atoms with Crippen molar-refractivity contribution in [3.05, 3.63) is 59.9 Å². The number of piperidine rings is 1. The van der Waals surface area contributed by atoms with Gasteiger partial charge < -0.3 is 19.7 Å². The Morgan fingerprint density at radius 1 is 0.886 bits per heavy atom. The van der Waals surface area contributed by atoms with E-state index in [-0.39, 0.29) is 30.3 Å². The lowest BCUT2D eigenvalue weighted by molar-refractivity contribution is 0.183. The predicted molar refractivity (Wildman–Crippen MR) is 150 cm³/mol. The van der Waals surface area contributed by atoms with Gasteiger partial charge in [0.25, 0.3) is 0 Å². The Balaban J connectivity index is 0.00000144. The van der Waals surface area contributed by atoms with E-state index in [1.807, 2.05) is 0 Å². The number of aromatic nitrogens is 2. The Hall–Kier alpha value is -1.79. The first-order valence-electron chi connectivity index (χ1n) is 12.6. The molecule has 2 heterocycles. The number of ether oxygens (including phenoxy) is 1. The molecule has 7 heteroatoms. The molecule has 5 rings (SSSR count). The van der Waals surface area contributed by atoms with E-state index >= 15 is 0 Å². The van der Waals surface area contributed by atoms with Crippen molar-refractivity contribution >= 4 is 35.8 Å². The number of benzene rings is 2. The smallest absolute Gasteiger partial charge is 0.118 e. The highest BCUT2D eigenvalue weighted by Gasteiger charge is 2.25. The van der Waals surface area contributed by atoms with E-state index < -0.39 is 0 Å². The van der Waals surface area contributed by atoms with Gasteiger partial charge in [-0.25, -0.2) is 4.98 Å². The molecule has 1 saturated heterocycles. The van der Waals surface area contributed by atoms with E-state index in [2.05, 4.69) is 58.0 Å². The van der Waals surface area contributed by atoms with Crippen molar-refractivity contribution in [3.8, 4) is 5.75 Å². The molecule has 0 radical (unpaired) electrons. The van der Waals surface area contributed by atoms with Crippen LogP contribution in [0, 0.1) is 5.92 Å². The molecule has 0 unspecified atom stereocenters. The van der Waals surface area contributed by atoms with E-state index in [9.17, 15) is 0 Å². The van der Waals surface area contributed by atoms with Gasteiger partial charge >= 0.3 is 0 Å². The quantitative estimate of drug-likeness (QED) is 0.379. The lowest BCUT2D eigenvalue weighted by Crippen LogP contribution is -2.36. The van der Waals surface area contributed by atoms with Crippen molar-refractivity contribution in [2.45, 2.75) is 63.8 Å². The van der Waals surface area contributed by atoms with Crippen LogP contribution in [-0.2, 0) is 12.8 Å². The normalized spacial score (nSPS) is 17.3. The number of methoxy groups -OCH3 is 1. The van der Waals surface area contributed by atoms with Crippen LogP contribution in [0.2, 0.25) is 0 Å². The number of fused-ring (bicyclic) bond motifs is 1. The molecule has 1 aromatic heterocycles. The molecule has 1 saturated carbocycles. The SMILES string of the molecule is COc1ccc(CCN2CCC(Cc3nc4ccccc4n3C3CCCCC3)CC2)cc1.Cl.Cl.O. The molecule has 5 nitrogen and oxygen atoms in total. The summed E-state index contributed by atoms with van der Waals surface area (Å²) in [5.41, 5.74) is 3.94. The zero-order valence-electron chi connectivity index (χ0n) is 20.8. The summed E-state index contributed by atoms with van der Waals surface area (Å²) in [7, 11) is 1.73. The standard InChI is InChI=1S/C28H37N3O.2ClH.H2O/c1-32-25-13-11-22(12-14-25)15-18-30-19-16-23(17-20-30)21-28-29-26-9-5-6-10-27(26)31(28)24-7-3-2-4-8-24;;;/h5-6,9-14,23-24H,2-4,7-8,15-21H2,1H3;2*1H;1H2. The maximum Gasteiger partial charge on any atom is 0.118 e. The van der Waals surface area contributed by atoms with Crippen molar-refractivity contribution < 1.29 is 10.2 Å². The van der Waals surface area contributed by atoms with Crippen LogP contribution in [0.1, 0.15) is 62.4 Å². The zero-order chi connectivity index (χ0) is 21.8. The summed E-state index contributed by atoms with van der Waals surface area (Å²) in [6.07, 6.45) is 11.6. The molecular weight excluding hydrogens is 481 g/mol. The minimum atomic E-state index is 0. The molecule has 2 fully saturated rings. The van der Waals surface area contributed by atoms with Gasteiger partial charge in [0.05, 0.1) is 18.1 Å². The largest absolute Gasteiger partial charge is 0.497 e. The van der Waals surface area contributed by atoms with Crippen LogP contribution in [-0.4, -0.2) is 46.7 Å². The van der Waals surface area contributed by atoms with Gasteiger partial charge in [0.2, 0.25) is 0 Å². The summed E-state index contributed by atoms with van der Waals surface area (Å²) in [6, 6.07) is 18.0. The number of hydrogen-bond acceptors (Lipinski definition) is 3. The highest BCUT2D eigenvalue weighted by atomic mass is 35.5. The van der Waals surface area contributed by atoms with Crippen molar-refractivity contribution in [3.63, 3.8) is 0 Å². The van der Waals surface area contributed by atoms with Crippen LogP contribution in [0.3, 0.4) is 0 Å². The fourth-order valence-corrected chi connectivity index (χ4v) is 5.74. The van der Waals surface area contributed by atoms with Crippen LogP contribution in [0.15, 0.2) is 48.5 Å². The third-order valence-corrected chi connectivity index (χ3v) is 7.66. The van der Waals surface area contributed by atoms with Crippen LogP contribution >= 0.6 is 24.8 Å². The van der Waals surface area contributed by atoms with Gasteiger partial charge in [-0.05, 0) is 80.9 Å². The summed E-state index contributed by atoms with van der Waals surface area (Å²) in [6.45, 7) is 3.58. The second-order valence-electron chi connectivity index (χ2n) is 9.77. The average Bonchev–Trinajstić information content (AvgIpc) is 3.22. The Bertz CT molecular complexity index is 1010. The highest BCUT2D eigenvalue weighted by Crippen LogP contribution is 2.34. The third-order valence-electron chi connectivity index (χ3n) is 7.66. The van der Waals surface area contributed by atoms with Gasteiger partial charge in [0.1, 0.15) is 11.6 Å². The molecule has 0 spiro atoms. The predicted octanol–water partition coefficient (Wildman–Crippen LogP) is 6.07. The number of likely N-dealkylation sites (tertiary alicyclic amines) is 1. The summed E-state index contributed by atoms with van der Waals surface area (Å²) >= 11 is 0. The average molecular weight is 523 g/mol. The molecule has 3 aromatic rings. The molecule has 2 aliphatic rings. The van der Waals surface area contributed by atoms with Crippen molar-refractivity contribution in [1.82, 2.24) is 14.5 Å². The number of hydrogen-bond donors (Lipinski definition) is 0. The molecule has 0 amide bonds. The minimum absolute atomic E-state index is 0. The molecule has 0 bridgehead atoms. The van der Waals surface area contributed by atoms with Crippen molar-refractivity contribution in [2.24, 2.45) is 5.92 Å². The summed E-state index contributed by atoms with van der Waals surface area (Å²) in [4.78, 5) is 7.77. The Morgan fingerprint density at radius 3 is 2.26 bits per heavy atom. The fraction of sp³-hybridized carbons (Fsp3) is 0.536. The fourth-order valence-electron chi connectivity index (χ4n) is 5.74. The maximum atomic E-state index is 5.27. The van der Waals surface area contributed by atoms with Crippen LogP contribution in [0.5, 0.6) is 5.75 Å². The third kappa shape index (κ3) is 7.13. The summed E-state index contributed by atoms with van der Waals surface area (Å²) in [5.74, 6) is 3.04. The van der Waals surface area contributed by atoms with E-state index in [1.165, 1.54) is 80.5 Å². The number of imidazole rings is 1. The summed E-state index contributed by atoms with van der Waals surface area (Å²) < 4.78 is 7.90. The first kappa shape index (κ1) is 29.4. The van der Waals surface area contributed by atoms with Crippen molar-refractivity contribution in [1.29, 1.82) is 0 Å². The molecular formula is C28H41Cl2N3O2. The van der Waals surface area contributed by atoms with Gasteiger partial charge in [0.15, 0.2) is 0 Å².